The van der Waals surface area contributed by atoms with E-state index >= 15 is 0 Å². The third-order valence-electron chi connectivity index (χ3n) is 3.17. The predicted molar refractivity (Wildman–Crippen MR) is 88.6 cm³/mol. The summed E-state index contributed by atoms with van der Waals surface area (Å²) in [5.74, 6) is -0.369. The van der Waals surface area contributed by atoms with E-state index in [4.69, 9.17) is 0 Å². The van der Waals surface area contributed by atoms with Crippen LogP contribution in [0.4, 0.5) is 5.69 Å². The number of anilines is 1. The van der Waals surface area contributed by atoms with Crippen molar-refractivity contribution in [3.8, 4) is 0 Å². The minimum atomic E-state index is -3.60. The lowest BCUT2D eigenvalue weighted by Crippen LogP contribution is -2.34. The molecule has 0 fully saturated rings. The third kappa shape index (κ3) is 3.94. The Morgan fingerprint density at radius 1 is 1.23 bits per heavy atom. The Balaban J connectivity index is 1.99. The number of sulfonamides is 1. The van der Waals surface area contributed by atoms with Crippen molar-refractivity contribution in [1.82, 2.24) is 4.31 Å². The molecule has 7 heteroatoms. The zero-order valence-corrected chi connectivity index (χ0v) is 14.1. The average molecular weight is 338 g/mol. The van der Waals surface area contributed by atoms with Crippen LogP contribution in [-0.2, 0) is 21.2 Å². The van der Waals surface area contributed by atoms with Crippen LogP contribution < -0.4 is 5.32 Å². The maximum absolute atomic E-state index is 12.2. The topological polar surface area (TPSA) is 66.5 Å². The van der Waals surface area contributed by atoms with E-state index < -0.39 is 10.0 Å². The molecular formula is C15H18N2O3S2. The number of benzene rings is 1. The van der Waals surface area contributed by atoms with E-state index in [1.165, 1.54) is 18.7 Å². The number of hydrogen-bond acceptors (Lipinski definition) is 4. The van der Waals surface area contributed by atoms with E-state index in [-0.39, 0.29) is 16.7 Å². The number of likely N-dealkylation sites (N-methyl/N-ethyl adjacent to an activating group) is 1. The van der Waals surface area contributed by atoms with Crippen molar-refractivity contribution in [2.45, 2.75) is 17.6 Å². The van der Waals surface area contributed by atoms with Crippen molar-refractivity contribution in [3.05, 3.63) is 47.3 Å². The van der Waals surface area contributed by atoms with E-state index in [1.54, 1.807) is 11.4 Å². The second-order valence-corrected chi connectivity index (χ2v) is 8.01. The molecular weight excluding hydrogens is 320 g/mol. The third-order valence-corrected chi connectivity index (χ3v) is 6.35. The number of thiophene rings is 1. The highest BCUT2D eigenvalue weighted by molar-refractivity contribution is 7.91. The SMILES string of the molecule is CCc1ccc(NC(=O)CN(C)S(=O)(=O)c2cccs2)cc1. The van der Waals surface area contributed by atoms with Gasteiger partial charge in [0, 0.05) is 12.7 Å². The van der Waals surface area contributed by atoms with Crippen molar-refractivity contribution >= 4 is 33.0 Å². The molecule has 1 aromatic carbocycles. The molecule has 0 atom stereocenters. The molecule has 0 unspecified atom stereocenters. The summed E-state index contributed by atoms with van der Waals surface area (Å²) in [5, 5.41) is 4.39. The summed E-state index contributed by atoms with van der Waals surface area (Å²) < 4.78 is 25.7. The summed E-state index contributed by atoms with van der Waals surface area (Å²) >= 11 is 1.13. The van der Waals surface area contributed by atoms with Gasteiger partial charge in [-0.2, -0.15) is 4.31 Å². The molecule has 0 saturated heterocycles. The van der Waals surface area contributed by atoms with Crippen LogP contribution in [0.5, 0.6) is 0 Å². The summed E-state index contributed by atoms with van der Waals surface area (Å²) in [6.07, 6.45) is 0.927. The minimum Gasteiger partial charge on any atom is -0.325 e. The second kappa shape index (κ2) is 7.04. The van der Waals surface area contributed by atoms with Gasteiger partial charge in [0.15, 0.2) is 0 Å². The normalized spacial score (nSPS) is 11.6. The molecule has 0 bridgehead atoms. The van der Waals surface area contributed by atoms with Gasteiger partial charge in [-0.3, -0.25) is 4.79 Å². The van der Waals surface area contributed by atoms with Crippen LogP contribution in [0.25, 0.3) is 0 Å². The highest BCUT2D eigenvalue weighted by Gasteiger charge is 2.23. The monoisotopic (exact) mass is 338 g/mol. The van der Waals surface area contributed by atoms with E-state index in [1.807, 2.05) is 24.3 Å². The van der Waals surface area contributed by atoms with Gasteiger partial charge in [0.25, 0.3) is 10.0 Å². The molecule has 118 valence electrons. The lowest BCUT2D eigenvalue weighted by Gasteiger charge is -2.15. The van der Waals surface area contributed by atoms with Crippen molar-refractivity contribution < 1.29 is 13.2 Å². The number of hydrogen-bond donors (Lipinski definition) is 1. The Morgan fingerprint density at radius 3 is 2.45 bits per heavy atom. The summed E-state index contributed by atoms with van der Waals surface area (Å²) in [4.78, 5) is 12.0. The molecule has 22 heavy (non-hydrogen) atoms. The molecule has 0 saturated carbocycles. The molecule has 0 spiro atoms. The molecule has 2 aromatic rings. The lowest BCUT2D eigenvalue weighted by atomic mass is 10.1. The largest absolute Gasteiger partial charge is 0.325 e. The average Bonchev–Trinajstić information content (AvgIpc) is 3.02. The van der Waals surface area contributed by atoms with Gasteiger partial charge >= 0.3 is 0 Å². The molecule has 1 aromatic heterocycles. The maximum atomic E-state index is 12.2. The van der Waals surface area contributed by atoms with Gasteiger partial charge in [-0.1, -0.05) is 25.1 Å². The van der Waals surface area contributed by atoms with Crippen LogP contribution in [0, 0.1) is 0 Å². The van der Waals surface area contributed by atoms with Crippen molar-refractivity contribution in [1.29, 1.82) is 0 Å². The highest BCUT2D eigenvalue weighted by Crippen LogP contribution is 2.19. The summed E-state index contributed by atoms with van der Waals surface area (Å²) in [6, 6.07) is 10.7. The van der Waals surface area contributed by atoms with Gasteiger partial charge in [-0.25, -0.2) is 8.42 Å². The van der Waals surface area contributed by atoms with Crippen LogP contribution >= 0.6 is 11.3 Å². The van der Waals surface area contributed by atoms with Crippen LogP contribution in [0.2, 0.25) is 0 Å². The first-order valence-electron chi connectivity index (χ1n) is 6.82. The van der Waals surface area contributed by atoms with Gasteiger partial charge in [0.1, 0.15) is 4.21 Å². The molecule has 1 amide bonds. The lowest BCUT2D eigenvalue weighted by molar-refractivity contribution is -0.116. The number of amides is 1. The first kappa shape index (κ1) is 16.7. The van der Waals surface area contributed by atoms with Gasteiger partial charge in [-0.15, -0.1) is 11.3 Å². The molecule has 0 aliphatic rings. The van der Waals surface area contributed by atoms with Crippen molar-refractivity contribution in [2.75, 3.05) is 18.9 Å². The molecule has 0 radical (unpaired) electrons. The smallest absolute Gasteiger partial charge is 0.252 e. The second-order valence-electron chi connectivity index (χ2n) is 4.79. The molecule has 1 N–H and O–H groups in total. The number of nitrogens with zero attached hydrogens (tertiary/aromatic N) is 1. The first-order chi connectivity index (χ1) is 10.4. The highest BCUT2D eigenvalue weighted by atomic mass is 32.2. The summed E-state index contributed by atoms with van der Waals surface area (Å²) in [6.45, 7) is 1.83. The van der Waals surface area contributed by atoms with Crippen molar-refractivity contribution in [3.63, 3.8) is 0 Å². The first-order valence-corrected chi connectivity index (χ1v) is 9.14. The number of carbonyl (C=O) groups excluding carboxylic acids is 1. The van der Waals surface area contributed by atoms with Crippen LogP contribution in [0.1, 0.15) is 12.5 Å². The van der Waals surface area contributed by atoms with E-state index in [0.717, 1.165) is 22.1 Å². The molecule has 2 rings (SSSR count). The molecule has 0 aliphatic carbocycles. The molecule has 0 aliphatic heterocycles. The maximum Gasteiger partial charge on any atom is 0.252 e. The summed E-state index contributed by atoms with van der Waals surface area (Å²) in [7, 11) is -2.21. The van der Waals surface area contributed by atoms with E-state index in [9.17, 15) is 13.2 Å². The zero-order chi connectivity index (χ0) is 16.2. The number of aryl methyl sites for hydroxylation is 1. The molecule has 5 nitrogen and oxygen atoms in total. The van der Waals surface area contributed by atoms with Gasteiger partial charge < -0.3 is 5.32 Å². The van der Waals surface area contributed by atoms with Gasteiger partial charge in [0.05, 0.1) is 6.54 Å². The predicted octanol–water partition coefficient (Wildman–Crippen LogP) is 2.57. The van der Waals surface area contributed by atoms with Crippen LogP contribution in [0.3, 0.4) is 0 Å². The fraction of sp³-hybridized carbons (Fsp3) is 0.267. The Labute approximate surface area is 134 Å². The fourth-order valence-electron chi connectivity index (χ4n) is 1.88. The van der Waals surface area contributed by atoms with Crippen LogP contribution in [0.15, 0.2) is 46.0 Å². The number of nitrogens with one attached hydrogen (secondary N) is 1. The quantitative estimate of drug-likeness (QED) is 0.880. The Morgan fingerprint density at radius 2 is 1.91 bits per heavy atom. The fourth-order valence-corrected chi connectivity index (χ4v) is 4.20. The van der Waals surface area contributed by atoms with Gasteiger partial charge in [-0.05, 0) is 35.6 Å². The minimum absolute atomic E-state index is 0.226. The standard InChI is InChI=1S/C15H18N2O3S2/c1-3-12-6-8-13(9-7-12)16-14(18)11-17(2)22(19,20)15-5-4-10-21-15/h4-10H,3,11H2,1-2H3,(H,16,18). The Kier molecular flexibility index (Phi) is 5.33. The number of rotatable bonds is 6. The van der Waals surface area contributed by atoms with E-state index in [2.05, 4.69) is 12.2 Å². The van der Waals surface area contributed by atoms with Crippen molar-refractivity contribution in [2.24, 2.45) is 0 Å². The van der Waals surface area contributed by atoms with E-state index in [0.29, 0.717) is 5.69 Å². The number of carbonyl (C=O) groups is 1. The zero-order valence-electron chi connectivity index (χ0n) is 12.4. The Bertz CT molecular complexity index is 723. The Hall–Kier alpha value is -1.70. The van der Waals surface area contributed by atoms with Crippen LogP contribution in [-0.4, -0.2) is 32.2 Å². The summed E-state index contributed by atoms with van der Waals surface area (Å²) in [5.41, 5.74) is 1.83. The van der Waals surface area contributed by atoms with Gasteiger partial charge in [0.2, 0.25) is 5.91 Å². The molecule has 1 heterocycles.